The number of aliphatic hydroxyl groups excluding tert-OH is 1. The average Bonchev–Trinajstić information content (AvgIpc) is 3.02. The lowest BCUT2D eigenvalue weighted by molar-refractivity contribution is -0.181. The van der Waals surface area contributed by atoms with Crippen LogP contribution in [0, 0.1) is 28.6 Å². The number of rotatable bonds is 4. The maximum absolute atomic E-state index is 14.6. The first-order valence-electron chi connectivity index (χ1n) is 14.6. The van der Waals surface area contributed by atoms with E-state index in [1.807, 2.05) is 0 Å². The molecule has 3 aromatic rings. The minimum absolute atomic E-state index is 0.000609. The summed E-state index contributed by atoms with van der Waals surface area (Å²) in [4.78, 5) is 81.8. The Bertz CT molecular complexity index is 2100. The van der Waals surface area contributed by atoms with Gasteiger partial charge in [0.05, 0.1) is 46.5 Å². The monoisotopic (exact) mass is 656 g/mol. The van der Waals surface area contributed by atoms with E-state index in [1.165, 1.54) is 50.5 Å². The number of hydrogen-bond acceptors (Lipinski definition) is 13. The predicted molar refractivity (Wildman–Crippen MR) is 164 cm³/mol. The molecule has 14 nitrogen and oxygen atoms in total. The van der Waals surface area contributed by atoms with E-state index in [4.69, 9.17) is 22.9 Å². The molecule has 0 aliphatic heterocycles. The van der Waals surface area contributed by atoms with Crippen LogP contribution in [0.25, 0.3) is 21.9 Å². The van der Waals surface area contributed by atoms with Gasteiger partial charge in [-0.3, -0.25) is 33.7 Å². The van der Waals surface area contributed by atoms with Crippen molar-refractivity contribution < 1.29 is 43.4 Å². The summed E-state index contributed by atoms with van der Waals surface area (Å²) >= 11 is 0. The first-order valence-corrected chi connectivity index (χ1v) is 14.6. The van der Waals surface area contributed by atoms with Crippen LogP contribution < -0.4 is 22.9 Å². The second-order valence-corrected chi connectivity index (χ2v) is 12.7. The average molecular weight is 657 g/mol. The Morgan fingerprint density at radius 1 is 0.958 bits per heavy atom. The van der Waals surface area contributed by atoms with Gasteiger partial charge < -0.3 is 33.1 Å². The van der Waals surface area contributed by atoms with Gasteiger partial charge in [-0.25, -0.2) is 0 Å². The molecule has 246 valence electrons. The smallest absolute Gasteiger partial charge is 0.332 e. The molecule has 8 atom stereocenters. The number of likely N-dealkylation sites (N-methyl/N-ethyl adjacent to an activating group) is 1. The highest BCUT2D eigenvalue weighted by Crippen LogP contribution is 2.59. The number of aliphatic hydroxyl groups is 1. The highest BCUT2D eigenvalue weighted by molar-refractivity contribution is 6.33. The van der Waals surface area contributed by atoms with Crippen LogP contribution in [0.3, 0.4) is 0 Å². The van der Waals surface area contributed by atoms with Crippen LogP contribution in [0.4, 0.5) is 4.39 Å². The first kappa shape index (κ1) is 32.7. The number of halogens is 1. The van der Waals surface area contributed by atoms with E-state index in [-0.39, 0.29) is 27.6 Å². The zero-order chi connectivity index (χ0) is 35.4. The van der Waals surface area contributed by atoms with E-state index in [0.29, 0.717) is 5.39 Å². The molecule has 3 aliphatic carbocycles. The van der Waals surface area contributed by atoms with Crippen LogP contribution in [0.1, 0.15) is 32.3 Å². The quantitative estimate of drug-likeness (QED) is 0.148. The SMILES string of the molecule is CN(C)[C@@H]1C(=O)C(C(N)=O)C(=O)[C@@]2(C#N)C(=O)C3C(=O)c4c(ccc(-c5ccc(C(=O)F)c6ccccc56)c4O)[C@H](N)[C@@]3(N)[C@H](O)[C@@]12N. The van der Waals surface area contributed by atoms with Crippen LogP contribution in [0.15, 0.2) is 48.5 Å². The number of Topliss-reactive ketones (excluding diaryl/α,β-unsaturated/α-hetero) is 4. The second-order valence-electron chi connectivity index (χ2n) is 12.7. The van der Waals surface area contributed by atoms with Gasteiger partial charge in [-0.2, -0.15) is 9.65 Å². The normalized spacial score (nSPS) is 32.8. The molecule has 0 saturated heterocycles. The van der Waals surface area contributed by atoms with Crippen LogP contribution >= 0.6 is 0 Å². The third-order valence-corrected chi connectivity index (χ3v) is 10.3. The van der Waals surface area contributed by atoms with Gasteiger partial charge in [0.15, 0.2) is 34.5 Å². The molecular weight excluding hydrogens is 627 g/mol. The van der Waals surface area contributed by atoms with Crippen molar-refractivity contribution in [1.82, 2.24) is 4.90 Å². The summed E-state index contributed by atoms with van der Waals surface area (Å²) in [6.45, 7) is 0. The number of carbonyl (C=O) groups is 6. The number of benzene rings is 3. The van der Waals surface area contributed by atoms with E-state index < -0.39 is 92.9 Å². The Morgan fingerprint density at radius 2 is 1.56 bits per heavy atom. The number of carbonyl (C=O) groups excluding carboxylic acids is 6. The Kier molecular flexibility index (Phi) is 7.07. The van der Waals surface area contributed by atoms with Gasteiger partial charge in [0.1, 0.15) is 11.7 Å². The van der Waals surface area contributed by atoms with Crippen molar-refractivity contribution in [2.24, 2.45) is 40.2 Å². The minimum Gasteiger partial charge on any atom is -0.507 e. The molecule has 2 unspecified atom stereocenters. The molecule has 48 heavy (non-hydrogen) atoms. The largest absolute Gasteiger partial charge is 0.507 e. The van der Waals surface area contributed by atoms with E-state index in [1.54, 1.807) is 18.2 Å². The lowest BCUT2D eigenvalue weighted by Gasteiger charge is -2.64. The van der Waals surface area contributed by atoms with Crippen LogP contribution in [-0.4, -0.2) is 87.5 Å². The second kappa shape index (κ2) is 10.4. The van der Waals surface area contributed by atoms with Gasteiger partial charge in [-0.05, 0) is 42.1 Å². The number of hydrogen-bond donors (Lipinski definition) is 6. The summed E-state index contributed by atoms with van der Waals surface area (Å²) < 4.78 is 13.8. The van der Waals surface area contributed by atoms with Crippen molar-refractivity contribution in [2.75, 3.05) is 14.1 Å². The number of ketones is 4. The van der Waals surface area contributed by atoms with E-state index >= 15 is 0 Å². The van der Waals surface area contributed by atoms with Crippen LogP contribution in [0.2, 0.25) is 0 Å². The molecule has 3 aliphatic rings. The van der Waals surface area contributed by atoms with E-state index in [9.17, 15) is 48.6 Å². The summed E-state index contributed by atoms with van der Waals surface area (Å²) in [5, 5.41) is 34.8. The molecule has 0 spiro atoms. The summed E-state index contributed by atoms with van der Waals surface area (Å²) in [6, 6.07) is 7.75. The van der Waals surface area contributed by atoms with Gasteiger partial charge in [0, 0.05) is 5.56 Å². The molecule has 10 N–H and O–H groups in total. The minimum atomic E-state index is -3.20. The van der Waals surface area contributed by atoms with Gasteiger partial charge in [0.25, 0.3) is 0 Å². The zero-order valence-electron chi connectivity index (χ0n) is 25.4. The lowest BCUT2D eigenvalue weighted by atomic mass is 9.41. The molecule has 3 aromatic carbocycles. The van der Waals surface area contributed by atoms with Gasteiger partial charge >= 0.3 is 6.04 Å². The summed E-state index contributed by atoms with van der Waals surface area (Å²) in [5.74, 6) is -12.4. The molecular formula is C33H29FN6O8. The predicted octanol–water partition coefficient (Wildman–Crippen LogP) is -0.834. The summed E-state index contributed by atoms with van der Waals surface area (Å²) in [7, 11) is 2.58. The number of nitriles is 1. The highest BCUT2D eigenvalue weighted by atomic mass is 19.1. The molecule has 1 amide bonds. The fourth-order valence-electron chi connectivity index (χ4n) is 8.18. The van der Waals surface area contributed by atoms with Crippen molar-refractivity contribution in [2.45, 2.75) is 29.3 Å². The maximum atomic E-state index is 14.6. The van der Waals surface area contributed by atoms with E-state index in [0.717, 1.165) is 4.90 Å². The number of aromatic hydroxyl groups is 1. The Morgan fingerprint density at radius 3 is 2.12 bits per heavy atom. The van der Waals surface area contributed by atoms with Gasteiger partial charge in [-0.15, -0.1) is 0 Å². The standard InChI is InChI=1S/C33H29FN6O8/c1-40(2)25-23(43)19(29(37)47)26(44)31(11-35)27(45)20-22(42)18-17(24(36)32(20,38)30(48)33(25,31)39)10-8-15(21(18)41)14-7-9-16(28(34)46)13-6-4-3-5-12(13)14/h3-10,19-20,24-25,30,41,48H,36,38-39H2,1-2H3,(H2,37,47)/t19?,20?,24-,25+,30-,31-,32+,33-/m0/s1. The highest BCUT2D eigenvalue weighted by Gasteiger charge is 2.83. The number of phenolic OH excluding ortho intramolecular Hbond substituents is 1. The zero-order valence-corrected chi connectivity index (χ0v) is 25.4. The Balaban J connectivity index is 1.62. The van der Waals surface area contributed by atoms with Crippen LogP contribution in [-0.2, 0) is 19.2 Å². The van der Waals surface area contributed by atoms with Crippen molar-refractivity contribution in [1.29, 1.82) is 5.26 Å². The maximum Gasteiger partial charge on any atom is 0.332 e. The number of amides is 1. The molecule has 15 heteroatoms. The third kappa shape index (κ3) is 3.60. The first-order chi connectivity index (χ1) is 22.5. The summed E-state index contributed by atoms with van der Waals surface area (Å²) in [6.07, 6.45) is -2.38. The molecule has 2 saturated carbocycles. The third-order valence-electron chi connectivity index (χ3n) is 10.3. The molecule has 0 bridgehead atoms. The van der Waals surface area contributed by atoms with Crippen molar-refractivity contribution in [3.63, 3.8) is 0 Å². The van der Waals surface area contributed by atoms with Crippen molar-refractivity contribution in [3.8, 4) is 22.9 Å². The van der Waals surface area contributed by atoms with Crippen LogP contribution in [0.5, 0.6) is 5.75 Å². The molecule has 0 radical (unpaired) electrons. The summed E-state index contributed by atoms with van der Waals surface area (Å²) in [5.41, 5.74) is 16.2. The lowest BCUT2D eigenvalue weighted by Crippen LogP contribution is -2.92. The number of nitrogens with two attached hydrogens (primary N) is 4. The van der Waals surface area contributed by atoms with Gasteiger partial charge in [-0.1, -0.05) is 42.5 Å². The fraction of sp³-hybridized carbons (Fsp3) is 0.303. The topological polar surface area (TPSA) is 274 Å². The number of primary amides is 1. The molecule has 0 aromatic heterocycles. The molecule has 0 heterocycles. The fourth-order valence-corrected chi connectivity index (χ4v) is 8.18. The van der Waals surface area contributed by atoms with Crippen molar-refractivity contribution >= 4 is 45.8 Å². The number of phenols is 1. The number of nitrogens with zero attached hydrogens (tertiary/aromatic N) is 2. The molecule has 2 fully saturated rings. The number of fused-ring (bicyclic) bond motifs is 4. The molecule has 6 rings (SSSR count). The van der Waals surface area contributed by atoms with Crippen molar-refractivity contribution in [3.05, 3.63) is 65.2 Å². The Labute approximate surface area is 271 Å². The van der Waals surface area contributed by atoms with Gasteiger partial charge in [0.2, 0.25) is 5.91 Å². The Hall–Kier alpha value is -5.24. The van der Waals surface area contributed by atoms with E-state index in [2.05, 4.69) is 0 Å².